The molecule has 0 bridgehead atoms. The monoisotopic (exact) mass is 366 g/mol. The van der Waals surface area contributed by atoms with Crippen molar-refractivity contribution in [2.75, 3.05) is 39.3 Å². The van der Waals surface area contributed by atoms with Gasteiger partial charge in [0, 0.05) is 56.2 Å². The van der Waals surface area contributed by atoms with Gasteiger partial charge < -0.3 is 20.7 Å². The highest BCUT2D eigenvalue weighted by molar-refractivity contribution is 5.97. The van der Waals surface area contributed by atoms with E-state index in [1.54, 1.807) is 18.5 Å². The molecule has 0 unspecified atom stereocenters. The Kier molecular flexibility index (Phi) is 6.96. The molecule has 1 amide bonds. The first-order valence-electron chi connectivity index (χ1n) is 9.30. The molecule has 6 nitrogen and oxygen atoms in total. The van der Waals surface area contributed by atoms with Gasteiger partial charge in [0.05, 0.1) is 6.61 Å². The first kappa shape index (κ1) is 19.1. The maximum absolute atomic E-state index is 11.4. The summed E-state index contributed by atoms with van der Waals surface area (Å²) in [5.74, 6) is 0.410. The topological polar surface area (TPSA) is 80.5 Å². The van der Waals surface area contributed by atoms with Crippen LogP contribution in [0.4, 0.5) is 0 Å². The van der Waals surface area contributed by atoms with Gasteiger partial charge in [-0.1, -0.05) is 24.3 Å². The Morgan fingerprint density at radius 3 is 2.70 bits per heavy atom. The number of carbonyl (C=O) groups excluding carboxylic acids is 1. The van der Waals surface area contributed by atoms with Crippen LogP contribution in [0.1, 0.15) is 27.9 Å². The number of benzene rings is 1. The van der Waals surface area contributed by atoms with Crippen molar-refractivity contribution < 1.29 is 9.53 Å². The second-order valence-corrected chi connectivity index (χ2v) is 6.52. The van der Waals surface area contributed by atoms with E-state index < -0.39 is 5.91 Å². The fourth-order valence-corrected chi connectivity index (χ4v) is 3.04. The minimum Gasteiger partial charge on any atom is -0.494 e. The minimum atomic E-state index is -0.457. The molecule has 3 rings (SSSR count). The van der Waals surface area contributed by atoms with E-state index in [2.05, 4.69) is 15.2 Å². The van der Waals surface area contributed by atoms with Crippen molar-refractivity contribution in [3.05, 3.63) is 59.4 Å². The van der Waals surface area contributed by atoms with Gasteiger partial charge in [0.15, 0.2) is 0 Å². The molecule has 1 aliphatic rings. The lowest BCUT2D eigenvalue weighted by Gasteiger charge is -2.26. The van der Waals surface area contributed by atoms with Crippen LogP contribution >= 0.6 is 0 Å². The van der Waals surface area contributed by atoms with E-state index in [0.717, 1.165) is 57.1 Å². The summed E-state index contributed by atoms with van der Waals surface area (Å²) in [7, 11) is 0. The van der Waals surface area contributed by atoms with E-state index in [1.165, 1.54) is 0 Å². The van der Waals surface area contributed by atoms with Gasteiger partial charge in [-0.3, -0.25) is 9.78 Å². The van der Waals surface area contributed by atoms with E-state index in [0.29, 0.717) is 11.1 Å². The van der Waals surface area contributed by atoms with Crippen LogP contribution in [0.3, 0.4) is 0 Å². The highest BCUT2D eigenvalue weighted by atomic mass is 16.5. The molecule has 0 spiro atoms. The number of aromatic nitrogens is 1. The summed E-state index contributed by atoms with van der Waals surface area (Å²) in [5.41, 5.74) is 7.57. The fourth-order valence-electron chi connectivity index (χ4n) is 3.04. The van der Waals surface area contributed by atoms with Gasteiger partial charge in [-0.25, -0.2) is 0 Å². The third kappa shape index (κ3) is 5.91. The Bertz CT molecular complexity index is 768. The normalized spacial score (nSPS) is 15.1. The van der Waals surface area contributed by atoms with Crippen LogP contribution in [0.5, 0.6) is 5.75 Å². The van der Waals surface area contributed by atoms with E-state index in [1.807, 2.05) is 36.4 Å². The molecular weight excluding hydrogens is 340 g/mol. The van der Waals surface area contributed by atoms with Crippen LogP contribution < -0.4 is 15.8 Å². The molecule has 1 fully saturated rings. The molecule has 27 heavy (non-hydrogen) atoms. The molecule has 0 saturated carbocycles. The molecule has 142 valence electrons. The summed E-state index contributed by atoms with van der Waals surface area (Å²) in [4.78, 5) is 18.0. The zero-order valence-corrected chi connectivity index (χ0v) is 15.4. The first-order chi connectivity index (χ1) is 13.2. The number of hydrogen-bond donors (Lipinski definition) is 2. The molecule has 6 heteroatoms. The second-order valence-electron chi connectivity index (χ2n) is 6.52. The SMILES string of the molecule is NC(=O)c1ccncc1C=Cc1ccc(OCCCN2CCNCC2)cc1. The quantitative estimate of drug-likeness (QED) is 0.699. The van der Waals surface area contributed by atoms with Crippen molar-refractivity contribution in [2.45, 2.75) is 6.42 Å². The van der Waals surface area contributed by atoms with Crippen molar-refractivity contribution in [3.8, 4) is 5.75 Å². The highest BCUT2D eigenvalue weighted by Crippen LogP contribution is 2.16. The maximum atomic E-state index is 11.4. The number of nitrogens with zero attached hydrogens (tertiary/aromatic N) is 2. The molecule has 1 aromatic carbocycles. The van der Waals surface area contributed by atoms with Gasteiger partial charge in [-0.2, -0.15) is 0 Å². The fraction of sp³-hybridized carbons (Fsp3) is 0.333. The number of nitrogens with two attached hydrogens (primary N) is 1. The van der Waals surface area contributed by atoms with Crippen molar-refractivity contribution in [1.29, 1.82) is 0 Å². The number of pyridine rings is 1. The molecule has 0 atom stereocenters. The number of ether oxygens (including phenoxy) is 1. The molecular formula is C21H26N4O2. The van der Waals surface area contributed by atoms with Crippen LogP contribution in [0, 0.1) is 0 Å². The number of carbonyl (C=O) groups is 1. The van der Waals surface area contributed by atoms with Gasteiger partial charge >= 0.3 is 0 Å². The van der Waals surface area contributed by atoms with Crippen LogP contribution in [-0.2, 0) is 0 Å². The van der Waals surface area contributed by atoms with Crippen LogP contribution in [0.25, 0.3) is 12.2 Å². The minimum absolute atomic E-state index is 0.457. The number of nitrogens with one attached hydrogen (secondary N) is 1. The predicted octanol–water partition coefficient (Wildman–Crippen LogP) is 2.02. The zero-order valence-electron chi connectivity index (χ0n) is 15.4. The summed E-state index contributed by atoms with van der Waals surface area (Å²) in [6.07, 6.45) is 7.99. The van der Waals surface area contributed by atoms with Gasteiger partial charge in [-0.15, -0.1) is 0 Å². The number of primary amides is 1. The summed E-state index contributed by atoms with van der Waals surface area (Å²) in [6, 6.07) is 9.52. The third-order valence-corrected chi connectivity index (χ3v) is 4.55. The summed E-state index contributed by atoms with van der Waals surface area (Å²) < 4.78 is 5.83. The lowest BCUT2D eigenvalue weighted by Crippen LogP contribution is -2.43. The Morgan fingerprint density at radius 2 is 1.96 bits per heavy atom. The number of hydrogen-bond acceptors (Lipinski definition) is 5. The average molecular weight is 366 g/mol. The Labute approximate surface area is 160 Å². The van der Waals surface area contributed by atoms with Gasteiger partial charge in [0.2, 0.25) is 5.91 Å². The van der Waals surface area contributed by atoms with E-state index in [4.69, 9.17) is 10.5 Å². The Morgan fingerprint density at radius 1 is 1.19 bits per heavy atom. The lowest BCUT2D eigenvalue weighted by atomic mass is 10.1. The number of amides is 1. The van der Waals surface area contributed by atoms with Crippen LogP contribution in [0.15, 0.2) is 42.7 Å². The molecule has 2 heterocycles. The summed E-state index contributed by atoms with van der Waals surface area (Å²) >= 11 is 0. The highest BCUT2D eigenvalue weighted by Gasteiger charge is 2.08. The standard InChI is InChI=1S/C21H26N4O2/c22-21(26)20-8-9-24-16-18(20)5-2-17-3-6-19(7-4-17)27-15-1-12-25-13-10-23-11-14-25/h2-9,16,23H,1,10-15H2,(H2,22,26). The van der Waals surface area contributed by atoms with E-state index in [9.17, 15) is 4.79 Å². The van der Waals surface area contributed by atoms with E-state index >= 15 is 0 Å². The number of rotatable bonds is 8. The van der Waals surface area contributed by atoms with Crippen molar-refractivity contribution >= 4 is 18.1 Å². The second kappa shape index (κ2) is 9.85. The van der Waals surface area contributed by atoms with Gasteiger partial charge in [0.1, 0.15) is 5.75 Å². The molecule has 0 aliphatic carbocycles. The summed E-state index contributed by atoms with van der Waals surface area (Å²) in [5, 5.41) is 3.36. The van der Waals surface area contributed by atoms with Crippen molar-refractivity contribution in [2.24, 2.45) is 5.73 Å². The molecule has 0 radical (unpaired) electrons. The van der Waals surface area contributed by atoms with Gasteiger partial charge in [0.25, 0.3) is 0 Å². The zero-order chi connectivity index (χ0) is 18.9. The smallest absolute Gasteiger partial charge is 0.249 e. The number of piperazine rings is 1. The van der Waals surface area contributed by atoms with E-state index in [-0.39, 0.29) is 0 Å². The summed E-state index contributed by atoms with van der Waals surface area (Å²) in [6.45, 7) is 6.20. The lowest BCUT2D eigenvalue weighted by molar-refractivity contribution is 0.1000. The van der Waals surface area contributed by atoms with Crippen LogP contribution in [-0.4, -0.2) is 55.1 Å². The van der Waals surface area contributed by atoms with Gasteiger partial charge in [-0.05, 0) is 30.2 Å². The molecule has 2 aromatic rings. The first-order valence-corrected chi connectivity index (χ1v) is 9.30. The Balaban J connectivity index is 1.48. The molecule has 1 aromatic heterocycles. The molecule has 1 aliphatic heterocycles. The van der Waals surface area contributed by atoms with Crippen LogP contribution in [0.2, 0.25) is 0 Å². The predicted molar refractivity (Wildman–Crippen MR) is 108 cm³/mol. The third-order valence-electron chi connectivity index (χ3n) is 4.55. The molecule has 3 N–H and O–H groups in total. The maximum Gasteiger partial charge on any atom is 0.249 e. The largest absolute Gasteiger partial charge is 0.494 e. The average Bonchev–Trinajstić information content (AvgIpc) is 2.71. The van der Waals surface area contributed by atoms with Crippen molar-refractivity contribution in [1.82, 2.24) is 15.2 Å². The van der Waals surface area contributed by atoms with Crippen molar-refractivity contribution in [3.63, 3.8) is 0 Å². The molecule has 1 saturated heterocycles. The Hall–Kier alpha value is -2.70.